The van der Waals surface area contributed by atoms with Crippen molar-refractivity contribution in [1.29, 1.82) is 0 Å². The van der Waals surface area contributed by atoms with Crippen molar-refractivity contribution in [3.8, 4) is 0 Å². The molecule has 0 amide bonds. The van der Waals surface area contributed by atoms with Crippen LogP contribution in [0.2, 0.25) is 0 Å². The Morgan fingerprint density at radius 1 is 0.778 bits per heavy atom. The summed E-state index contributed by atoms with van der Waals surface area (Å²) in [6.45, 7) is 25.8. The molecule has 0 aliphatic heterocycles. The minimum Gasteiger partial charge on any atom is -0.454 e. The molecule has 1 rings (SSSR count). The smallest absolute Gasteiger partial charge is 0.376 e. The monoisotopic (exact) mass is 398 g/mol. The molecule has 156 valence electrons. The van der Waals surface area contributed by atoms with Gasteiger partial charge in [-0.05, 0) is 55.1 Å². The molecular weight excluding hydrogens is 360 g/mol. The third-order valence-corrected chi connectivity index (χ3v) is 6.49. The summed E-state index contributed by atoms with van der Waals surface area (Å²) in [5, 5.41) is 0. The number of hydrogen-bond acceptors (Lipinski definition) is 3. The summed E-state index contributed by atoms with van der Waals surface area (Å²) < 4.78 is 5.44. The lowest BCUT2D eigenvalue weighted by Gasteiger charge is -2.66. The molecule has 3 nitrogen and oxygen atoms in total. The Morgan fingerprint density at radius 2 is 1.15 bits per heavy atom. The average molecular weight is 399 g/mol. The molecule has 0 spiro atoms. The molecule has 0 saturated heterocycles. The minimum absolute atomic E-state index is 0.231. The number of alkyl halides is 1. The summed E-state index contributed by atoms with van der Waals surface area (Å²) in [5.74, 6) is -1.37. The predicted octanol–water partition coefficient (Wildman–Crippen LogP) is 6.33. The number of esters is 1. The highest BCUT2D eigenvalue weighted by Gasteiger charge is 2.73. The number of allylic oxidation sites excluding steroid dienone is 2. The number of ketones is 1. The molecule has 2 atom stereocenters. The Labute approximate surface area is 171 Å². The van der Waals surface area contributed by atoms with Gasteiger partial charge in [0.2, 0.25) is 0 Å². The van der Waals surface area contributed by atoms with Crippen LogP contribution in [0.1, 0.15) is 90.0 Å². The van der Waals surface area contributed by atoms with Crippen LogP contribution in [-0.2, 0) is 14.3 Å². The van der Waals surface area contributed by atoms with E-state index in [1.165, 1.54) is 0 Å². The van der Waals surface area contributed by atoms with Crippen molar-refractivity contribution in [2.75, 3.05) is 0 Å². The van der Waals surface area contributed by atoms with Crippen LogP contribution in [0.3, 0.4) is 0 Å². The van der Waals surface area contributed by atoms with E-state index >= 15 is 0 Å². The lowest BCUT2D eigenvalue weighted by Crippen LogP contribution is -2.69. The molecule has 2 unspecified atom stereocenters. The quantitative estimate of drug-likeness (QED) is 0.236. The molecule has 0 heterocycles. The van der Waals surface area contributed by atoms with Gasteiger partial charge in [0.25, 0.3) is 5.78 Å². The van der Waals surface area contributed by atoms with Crippen LogP contribution in [0.4, 0.5) is 0 Å². The second kappa shape index (κ2) is 6.34. The van der Waals surface area contributed by atoms with Gasteiger partial charge in [-0.3, -0.25) is 4.79 Å². The molecule has 1 aliphatic carbocycles. The first-order valence-electron chi connectivity index (χ1n) is 9.76. The zero-order valence-electron chi connectivity index (χ0n) is 19.6. The highest BCUT2D eigenvalue weighted by atomic mass is 35.5. The van der Waals surface area contributed by atoms with E-state index in [1.807, 2.05) is 27.7 Å². The summed E-state index contributed by atoms with van der Waals surface area (Å²) in [6, 6.07) is 0. The molecule has 0 saturated carbocycles. The molecule has 27 heavy (non-hydrogen) atoms. The van der Waals surface area contributed by atoms with Gasteiger partial charge in [-0.1, -0.05) is 62.3 Å². The van der Waals surface area contributed by atoms with Crippen LogP contribution < -0.4 is 0 Å². The topological polar surface area (TPSA) is 43.4 Å². The first-order chi connectivity index (χ1) is 11.5. The number of hydrogen-bond donors (Lipinski definition) is 0. The van der Waals surface area contributed by atoms with Crippen molar-refractivity contribution in [3.63, 3.8) is 0 Å². The Bertz CT molecular complexity index is 674. The molecule has 0 aromatic carbocycles. The summed E-state index contributed by atoms with van der Waals surface area (Å²) in [4.78, 5) is 25.3. The molecule has 4 heteroatoms. The fraction of sp³-hybridized carbons (Fsp3) is 0.826. The maximum Gasteiger partial charge on any atom is 0.376 e. The first kappa shape index (κ1) is 24.2. The van der Waals surface area contributed by atoms with Crippen molar-refractivity contribution in [2.45, 2.75) is 100 Å². The zero-order chi connectivity index (χ0) is 22.0. The molecule has 0 fully saturated rings. The number of ether oxygens (including phenoxy) is 1. The van der Waals surface area contributed by atoms with Crippen molar-refractivity contribution in [1.82, 2.24) is 0 Å². The molecule has 1 aliphatic rings. The molecule has 0 aromatic rings. The summed E-state index contributed by atoms with van der Waals surface area (Å²) in [5.41, 5.74) is -0.806. The summed E-state index contributed by atoms with van der Waals surface area (Å²) in [6.07, 6.45) is 0. The highest BCUT2D eigenvalue weighted by Crippen LogP contribution is 2.72. The van der Waals surface area contributed by atoms with E-state index in [2.05, 4.69) is 41.5 Å². The van der Waals surface area contributed by atoms with E-state index in [1.54, 1.807) is 20.8 Å². The number of carbonyl (C=O) groups excluding carboxylic acids is 2. The first-order valence-corrected chi connectivity index (χ1v) is 10.1. The predicted molar refractivity (Wildman–Crippen MR) is 113 cm³/mol. The van der Waals surface area contributed by atoms with E-state index in [0.29, 0.717) is 0 Å². The maximum absolute atomic E-state index is 13.5. The molecule has 0 N–H and O–H groups in total. The lowest BCUT2D eigenvalue weighted by atomic mass is 9.40. The van der Waals surface area contributed by atoms with E-state index in [9.17, 15) is 9.59 Å². The maximum atomic E-state index is 13.5. The van der Waals surface area contributed by atoms with E-state index < -0.39 is 33.1 Å². The van der Waals surface area contributed by atoms with Gasteiger partial charge in [0, 0.05) is 0 Å². The Kier molecular flexibility index (Phi) is 5.68. The molecule has 0 radical (unpaired) electrons. The van der Waals surface area contributed by atoms with Crippen LogP contribution >= 0.6 is 11.6 Å². The van der Waals surface area contributed by atoms with Crippen molar-refractivity contribution in [3.05, 3.63) is 11.1 Å². The third kappa shape index (κ3) is 3.73. The number of carbonyl (C=O) groups is 2. The van der Waals surface area contributed by atoms with Crippen LogP contribution in [0, 0.1) is 21.7 Å². The normalized spacial score (nSPS) is 27.3. The highest BCUT2D eigenvalue weighted by molar-refractivity contribution is 6.42. The van der Waals surface area contributed by atoms with Gasteiger partial charge >= 0.3 is 5.97 Å². The second-order valence-corrected chi connectivity index (χ2v) is 12.7. The van der Waals surface area contributed by atoms with E-state index in [4.69, 9.17) is 16.3 Å². The fourth-order valence-corrected chi connectivity index (χ4v) is 5.28. The van der Waals surface area contributed by atoms with Crippen LogP contribution in [0.15, 0.2) is 11.1 Å². The van der Waals surface area contributed by atoms with Crippen LogP contribution in [-0.4, -0.2) is 22.2 Å². The minimum atomic E-state index is -1.13. The Hall–Kier alpha value is -0.830. The number of rotatable bonds is 2. The zero-order valence-corrected chi connectivity index (χ0v) is 20.4. The van der Waals surface area contributed by atoms with Crippen molar-refractivity contribution >= 4 is 23.4 Å². The molecule has 0 aromatic heterocycles. The van der Waals surface area contributed by atoms with Crippen LogP contribution in [0.5, 0.6) is 0 Å². The SMILES string of the molecule is CC(C)(C)OC(=O)C(=O)C1(C)C(C(C)(C)C)=C(C(C)(C)C)C1(Cl)C(C)(C)C. The van der Waals surface area contributed by atoms with Gasteiger partial charge in [0.1, 0.15) is 5.60 Å². The van der Waals surface area contributed by atoms with Gasteiger partial charge < -0.3 is 4.74 Å². The number of Topliss-reactive ketones (excluding diaryl/α,β-unsaturated/α-hetero) is 1. The largest absolute Gasteiger partial charge is 0.454 e. The van der Waals surface area contributed by atoms with Crippen LogP contribution in [0.25, 0.3) is 0 Å². The summed E-state index contributed by atoms with van der Waals surface area (Å²) >= 11 is 7.37. The Morgan fingerprint density at radius 3 is 1.41 bits per heavy atom. The van der Waals surface area contributed by atoms with Crippen molar-refractivity contribution < 1.29 is 14.3 Å². The number of halogens is 1. The lowest BCUT2D eigenvalue weighted by molar-refractivity contribution is -0.168. The Balaban J connectivity index is 3.84. The second-order valence-electron chi connectivity index (χ2n) is 12.1. The van der Waals surface area contributed by atoms with Gasteiger partial charge in [-0.15, -0.1) is 11.6 Å². The van der Waals surface area contributed by atoms with E-state index in [0.717, 1.165) is 11.1 Å². The van der Waals surface area contributed by atoms with Gasteiger partial charge in [-0.2, -0.15) is 0 Å². The van der Waals surface area contributed by atoms with E-state index in [-0.39, 0.29) is 10.8 Å². The van der Waals surface area contributed by atoms with Gasteiger partial charge in [0.15, 0.2) is 0 Å². The van der Waals surface area contributed by atoms with Crippen molar-refractivity contribution in [2.24, 2.45) is 21.7 Å². The van der Waals surface area contributed by atoms with Gasteiger partial charge in [-0.25, -0.2) is 4.79 Å². The summed E-state index contributed by atoms with van der Waals surface area (Å²) in [7, 11) is 0. The van der Waals surface area contributed by atoms with Gasteiger partial charge in [0.05, 0.1) is 10.3 Å². The average Bonchev–Trinajstić information content (AvgIpc) is 2.35. The standard InChI is InChI=1S/C23H39ClO3/c1-18(2,3)14-15(19(4,5)6)23(24,20(7,8)9)22(14,13)16(25)17(26)27-21(10,11)12/h1-13H3. The fourth-order valence-electron chi connectivity index (χ4n) is 4.72. The third-order valence-electron chi connectivity index (χ3n) is 5.36. The molecule has 0 bridgehead atoms. The molecular formula is C23H39ClO3.